The smallest absolute Gasteiger partial charge is 0.333 e. The zero-order chi connectivity index (χ0) is 13.0. The van der Waals surface area contributed by atoms with Crippen LogP contribution in [0.1, 0.15) is 12.8 Å². The van der Waals surface area contributed by atoms with Crippen LogP contribution in [0.3, 0.4) is 0 Å². The fourth-order valence-corrected chi connectivity index (χ4v) is 2.14. The van der Waals surface area contributed by atoms with E-state index in [1.54, 1.807) is 12.1 Å². The number of nitro groups is 1. The maximum Gasteiger partial charge on any atom is 0.333 e. The zero-order valence-corrected chi connectivity index (χ0v) is 10.2. The molecule has 0 aromatic heterocycles. The molecule has 1 aliphatic heterocycles. The number of nitro benzene ring substituents is 1. The molecule has 0 bridgehead atoms. The Morgan fingerprint density at radius 3 is 2.78 bits per heavy atom. The second kappa shape index (κ2) is 5.68. The Morgan fingerprint density at radius 2 is 2.11 bits per heavy atom. The van der Waals surface area contributed by atoms with E-state index in [0.717, 1.165) is 19.6 Å². The third-order valence-corrected chi connectivity index (χ3v) is 3.08. The third-order valence-electron chi connectivity index (χ3n) is 3.08. The third kappa shape index (κ3) is 2.89. The molecule has 2 rings (SSSR count). The molecule has 1 aromatic rings. The van der Waals surface area contributed by atoms with Crippen LogP contribution in [0.25, 0.3) is 0 Å². The average molecular weight is 251 g/mol. The molecule has 0 atom stereocenters. The number of hydrogen-bond acceptors (Lipinski definition) is 5. The number of benzene rings is 1. The van der Waals surface area contributed by atoms with Gasteiger partial charge in [-0.3, -0.25) is 15.0 Å². The fraction of sp³-hybridized carbons (Fsp3) is 0.500. The highest BCUT2D eigenvalue weighted by Gasteiger charge is 2.19. The van der Waals surface area contributed by atoms with Crippen molar-refractivity contribution in [3.05, 3.63) is 28.3 Å². The van der Waals surface area contributed by atoms with Gasteiger partial charge in [0.15, 0.2) is 5.75 Å². The van der Waals surface area contributed by atoms with Crippen molar-refractivity contribution in [2.75, 3.05) is 32.0 Å². The molecular formula is C12H17N3O3. The molecule has 6 nitrogen and oxygen atoms in total. The fourth-order valence-electron chi connectivity index (χ4n) is 2.14. The van der Waals surface area contributed by atoms with Crippen molar-refractivity contribution in [2.45, 2.75) is 12.8 Å². The van der Waals surface area contributed by atoms with Crippen LogP contribution in [0, 0.1) is 10.1 Å². The Balaban J connectivity index is 1.96. The summed E-state index contributed by atoms with van der Waals surface area (Å²) in [4.78, 5) is 12.7. The van der Waals surface area contributed by atoms with Crippen LogP contribution in [-0.2, 0) is 0 Å². The summed E-state index contributed by atoms with van der Waals surface area (Å²) in [6, 6.07) is 4.75. The van der Waals surface area contributed by atoms with Gasteiger partial charge in [-0.2, -0.15) is 0 Å². The van der Waals surface area contributed by atoms with E-state index in [1.807, 2.05) is 0 Å². The molecule has 0 aliphatic carbocycles. The molecule has 1 saturated heterocycles. The average Bonchev–Trinajstić information content (AvgIpc) is 2.81. The lowest BCUT2D eigenvalue weighted by Crippen LogP contribution is -2.25. The Kier molecular flexibility index (Phi) is 3.99. The van der Waals surface area contributed by atoms with E-state index in [9.17, 15) is 10.1 Å². The van der Waals surface area contributed by atoms with Crippen molar-refractivity contribution >= 4 is 11.4 Å². The van der Waals surface area contributed by atoms with Gasteiger partial charge in [-0.15, -0.1) is 0 Å². The topological polar surface area (TPSA) is 81.6 Å². The highest BCUT2D eigenvalue weighted by Crippen LogP contribution is 2.32. The number of nitrogen functional groups attached to an aromatic ring is 1. The molecule has 6 heteroatoms. The summed E-state index contributed by atoms with van der Waals surface area (Å²) in [7, 11) is 0. The lowest BCUT2D eigenvalue weighted by molar-refractivity contribution is -0.384. The normalized spacial score (nSPS) is 15.8. The number of nitrogens with two attached hydrogens (primary N) is 1. The minimum absolute atomic E-state index is 0.138. The molecule has 0 amide bonds. The molecular weight excluding hydrogens is 234 g/mol. The number of hydrogen-bond donors (Lipinski definition) is 1. The molecule has 98 valence electrons. The first-order valence-corrected chi connectivity index (χ1v) is 6.06. The highest BCUT2D eigenvalue weighted by molar-refractivity contribution is 5.65. The van der Waals surface area contributed by atoms with Crippen molar-refractivity contribution < 1.29 is 9.66 Å². The van der Waals surface area contributed by atoms with Gasteiger partial charge in [0.2, 0.25) is 0 Å². The van der Waals surface area contributed by atoms with Crippen LogP contribution in [-0.4, -0.2) is 36.1 Å². The van der Waals surface area contributed by atoms with Crippen LogP contribution in [0.15, 0.2) is 18.2 Å². The SMILES string of the molecule is Nc1cccc(OCCN2CCCC2)c1[N+](=O)[O-]. The highest BCUT2D eigenvalue weighted by atomic mass is 16.6. The lowest BCUT2D eigenvalue weighted by atomic mass is 10.2. The van der Waals surface area contributed by atoms with Crippen LogP contribution < -0.4 is 10.5 Å². The summed E-state index contributed by atoms with van der Waals surface area (Å²) in [6.07, 6.45) is 2.44. The first-order chi connectivity index (χ1) is 8.68. The Hall–Kier alpha value is -1.82. The number of ether oxygens (including phenoxy) is 1. The van der Waals surface area contributed by atoms with Gasteiger partial charge >= 0.3 is 5.69 Å². The molecule has 0 unspecified atom stereocenters. The summed E-state index contributed by atoms with van der Waals surface area (Å²) in [6.45, 7) is 3.42. The zero-order valence-electron chi connectivity index (χ0n) is 10.2. The molecule has 1 aromatic carbocycles. The van der Waals surface area contributed by atoms with Gasteiger partial charge in [0.1, 0.15) is 12.3 Å². The molecule has 1 aliphatic rings. The van der Waals surface area contributed by atoms with E-state index in [1.165, 1.54) is 18.9 Å². The minimum atomic E-state index is -0.499. The van der Waals surface area contributed by atoms with Crippen LogP contribution in [0.5, 0.6) is 5.75 Å². The van der Waals surface area contributed by atoms with Gasteiger partial charge in [-0.25, -0.2) is 0 Å². The van der Waals surface area contributed by atoms with Gasteiger partial charge in [-0.05, 0) is 38.1 Å². The van der Waals surface area contributed by atoms with E-state index in [-0.39, 0.29) is 17.1 Å². The summed E-state index contributed by atoms with van der Waals surface area (Å²) in [5.41, 5.74) is 5.58. The van der Waals surface area contributed by atoms with Crippen molar-refractivity contribution in [2.24, 2.45) is 0 Å². The Labute approximate surface area is 105 Å². The second-order valence-corrected chi connectivity index (χ2v) is 4.35. The summed E-state index contributed by atoms with van der Waals surface area (Å²) >= 11 is 0. The molecule has 0 saturated carbocycles. The van der Waals surface area contributed by atoms with E-state index >= 15 is 0 Å². The number of para-hydroxylation sites is 1. The standard InChI is InChI=1S/C12H17N3O3/c13-10-4-3-5-11(12(10)15(16)17)18-9-8-14-6-1-2-7-14/h3-5H,1-2,6-9,13H2. The molecule has 0 spiro atoms. The number of likely N-dealkylation sites (tertiary alicyclic amines) is 1. The second-order valence-electron chi connectivity index (χ2n) is 4.35. The van der Waals surface area contributed by atoms with E-state index in [2.05, 4.69) is 4.90 Å². The van der Waals surface area contributed by atoms with Crippen LogP contribution >= 0.6 is 0 Å². The number of nitrogens with zero attached hydrogens (tertiary/aromatic N) is 2. The quantitative estimate of drug-likeness (QED) is 0.489. The monoisotopic (exact) mass is 251 g/mol. The largest absolute Gasteiger partial charge is 0.485 e. The summed E-state index contributed by atoms with van der Waals surface area (Å²) < 4.78 is 5.48. The first-order valence-electron chi connectivity index (χ1n) is 6.06. The van der Waals surface area contributed by atoms with E-state index in [4.69, 9.17) is 10.5 Å². The molecule has 0 radical (unpaired) electrons. The van der Waals surface area contributed by atoms with Gasteiger partial charge in [0.25, 0.3) is 0 Å². The van der Waals surface area contributed by atoms with Gasteiger partial charge in [0.05, 0.1) is 4.92 Å². The van der Waals surface area contributed by atoms with Gasteiger partial charge in [0, 0.05) is 6.54 Å². The number of rotatable bonds is 5. The first kappa shape index (κ1) is 12.6. The van der Waals surface area contributed by atoms with Crippen LogP contribution in [0.4, 0.5) is 11.4 Å². The van der Waals surface area contributed by atoms with Crippen molar-refractivity contribution in [1.82, 2.24) is 4.90 Å². The predicted molar refractivity (Wildman–Crippen MR) is 68.7 cm³/mol. The minimum Gasteiger partial charge on any atom is -0.485 e. The molecule has 1 heterocycles. The predicted octanol–water partition coefficient (Wildman–Crippen LogP) is 1.65. The number of anilines is 1. The van der Waals surface area contributed by atoms with Crippen molar-refractivity contribution in [3.63, 3.8) is 0 Å². The lowest BCUT2D eigenvalue weighted by Gasteiger charge is -2.15. The summed E-state index contributed by atoms with van der Waals surface area (Å²) in [5.74, 6) is 0.249. The van der Waals surface area contributed by atoms with Crippen molar-refractivity contribution in [3.8, 4) is 5.75 Å². The Morgan fingerprint density at radius 1 is 1.39 bits per heavy atom. The molecule has 2 N–H and O–H groups in total. The molecule has 1 fully saturated rings. The molecule has 18 heavy (non-hydrogen) atoms. The van der Waals surface area contributed by atoms with E-state index in [0.29, 0.717) is 6.61 Å². The van der Waals surface area contributed by atoms with Gasteiger partial charge in [-0.1, -0.05) is 6.07 Å². The Bertz CT molecular complexity index is 431. The maximum absolute atomic E-state index is 10.9. The van der Waals surface area contributed by atoms with Crippen LogP contribution in [0.2, 0.25) is 0 Å². The van der Waals surface area contributed by atoms with E-state index < -0.39 is 4.92 Å². The maximum atomic E-state index is 10.9. The van der Waals surface area contributed by atoms with Crippen molar-refractivity contribution in [1.29, 1.82) is 0 Å². The van der Waals surface area contributed by atoms with Gasteiger partial charge < -0.3 is 10.5 Å². The summed E-state index contributed by atoms with van der Waals surface area (Å²) in [5, 5.41) is 10.9.